The van der Waals surface area contributed by atoms with Crippen LogP contribution in [0.25, 0.3) is 17.0 Å². The lowest BCUT2D eigenvalue weighted by molar-refractivity contribution is 1.22. The number of nitriles is 1. The molecule has 0 N–H and O–H groups in total. The van der Waals surface area contributed by atoms with E-state index in [0.717, 1.165) is 16.5 Å². The summed E-state index contributed by atoms with van der Waals surface area (Å²) in [6.07, 6.45) is 4.55. The number of halogens is 1. The van der Waals surface area contributed by atoms with Crippen molar-refractivity contribution >= 4 is 28.6 Å². The van der Waals surface area contributed by atoms with Crippen LogP contribution in [-0.2, 0) is 0 Å². The molecular formula is C11H6ClN3. The second kappa shape index (κ2) is 4.07. The van der Waals surface area contributed by atoms with E-state index in [1.54, 1.807) is 6.08 Å². The fourth-order valence-corrected chi connectivity index (χ4v) is 1.47. The van der Waals surface area contributed by atoms with Gasteiger partial charge in [-0.2, -0.15) is 5.26 Å². The molecule has 0 aliphatic heterocycles. The van der Waals surface area contributed by atoms with E-state index in [0.29, 0.717) is 5.15 Å². The summed E-state index contributed by atoms with van der Waals surface area (Å²) in [7, 11) is 0. The summed E-state index contributed by atoms with van der Waals surface area (Å²) in [6.45, 7) is 0. The lowest BCUT2D eigenvalue weighted by atomic mass is 10.1. The molecule has 1 aromatic carbocycles. The molecule has 0 radical (unpaired) electrons. The maximum absolute atomic E-state index is 8.41. The molecule has 3 nitrogen and oxygen atoms in total. The van der Waals surface area contributed by atoms with Crippen molar-refractivity contribution in [1.82, 2.24) is 9.97 Å². The van der Waals surface area contributed by atoms with Crippen LogP contribution < -0.4 is 0 Å². The quantitative estimate of drug-likeness (QED) is 0.543. The number of allylic oxidation sites excluding steroid dienone is 1. The summed E-state index contributed by atoms with van der Waals surface area (Å²) < 4.78 is 0. The molecule has 72 valence electrons. The Hall–Kier alpha value is -1.92. The van der Waals surface area contributed by atoms with Crippen LogP contribution in [0.5, 0.6) is 0 Å². The summed E-state index contributed by atoms with van der Waals surface area (Å²) in [4.78, 5) is 7.97. The molecule has 1 heterocycles. The van der Waals surface area contributed by atoms with Gasteiger partial charge in [0.15, 0.2) is 0 Å². The molecule has 0 bridgehead atoms. The van der Waals surface area contributed by atoms with Crippen LogP contribution in [0.4, 0.5) is 0 Å². The van der Waals surface area contributed by atoms with Gasteiger partial charge in [0.1, 0.15) is 11.5 Å². The molecule has 1 aromatic heterocycles. The average molecular weight is 216 g/mol. The van der Waals surface area contributed by atoms with Gasteiger partial charge in [0.2, 0.25) is 0 Å². The van der Waals surface area contributed by atoms with E-state index in [1.165, 1.54) is 12.4 Å². The second-order valence-corrected chi connectivity index (χ2v) is 3.26. The summed E-state index contributed by atoms with van der Waals surface area (Å²) in [5, 5.41) is 9.62. The Bertz CT molecular complexity index is 570. The van der Waals surface area contributed by atoms with Gasteiger partial charge in [-0.05, 0) is 23.8 Å². The van der Waals surface area contributed by atoms with Crippen molar-refractivity contribution in [1.29, 1.82) is 5.26 Å². The van der Waals surface area contributed by atoms with Gasteiger partial charge in [0, 0.05) is 11.5 Å². The summed E-state index contributed by atoms with van der Waals surface area (Å²) in [5.74, 6) is 0. The molecule has 2 aromatic rings. The first-order valence-corrected chi connectivity index (χ1v) is 4.65. The monoisotopic (exact) mass is 215 g/mol. The largest absolute Gasteiger partial charge is 0.236 e. The molecule has 0 atom stereocenters. The van der Waals surface area contributed by atoms with Crippen LogP contribution >= 0.6 is 11.6 Å². The van der Waals surface area contributed by atoms with E-state index >= 15 is 0 Å². The molecule has 0 saturated carbocycles. The third kappa shape index (κ3) is 1.95. The number of hydrogen-bond acceptors (Lipinski definition) is 3. The van der Waals surface area contributed by atoms with E-state index in [-0.39, 0.29) is 0 Å². The summed E-state index contributed by atoms with van der Waals surface area (Å²) >= 11 is 5.92. The van der Waals surface area contributed by atoms with E-state index in [4.69, 9.17) is 16.9 Å². The molecule has 2 rings (SSSR count). The smallest absolute Gasteiger partial charge is 0.140 e. The minimum atomic E-state index is 0.423. The molecule has 0 aliphatic carbocycles. The summed E-state index contributed by atoms with van der Waals surface area (Å²) in [5.41, 5.74) is 1.70. The zero-order valence-electron chi connectivity index (χ0n) is 7.68. The Labute approximate surface area is 91.7 Å². The third-order valence-electron chi connectivity index (χ3n) is 1.96. The van der Waals surface area contributed by atoms with Crippen molar-refractivity contribution in [2.45, 2.75) is 0 Å². The highest BCUT2D eigenvalue weighted by molar-refractivity contribution is 6.34. The first kappa shape index (κ1) is 9.63. The van der Waals surface area contributed by atoms with Crippen LogP contribution in [0.2, 0.25) is 5.15 Å². The Morgan fingerprint density at radius 2 is 2.20 bits per heavy atom. The molecule has 0 spiro atoms. The number of benzene rings is 1. The molecular weight excluding hydrogens is 210 g/mol. The molecule has 4 heteroatoms. The van der Waals surface area contributed by atoms with Crippen molar-refractivity contribution in [3.63, 3.8) is 0 Å². The number of rotatable bonds is 1. The molecule has 15 heavy (non-hydrogen) atoms. The highest BCUT2D eigenvalue weighted by atomic mass is 35.5. The van der Waals surface area contributed by atoms with Crippen LogP contribution in [0.15, 0.2) is 30.6 Å². The molecule has 0 saturated heterocycles. The van der Waals surface area contributed by atoms with Crippen molar-refractivity contribution in [2.24, 2.45) is 0 Å². The predicted molar refractivity (Wildman–Crippen MR) is 59.2 cm³/mol. The van der Waals surface area contributed by atoms with Gasteiger partial charge in [-0.15, -0.1) is 0 Å². The fourth-order valence-electron chi connectivity index (χ4n) is 1.28. The van der Waals surface area contributed by atoms with Crippen LogP contribution in [-0.4, -0.2) is 9.97 Å². The van der Waals surface area contributed by atoms with E-state index < -0.39 is 0 Å². The molecule has 0 unspecified atom stereocenters. The summed E-state index contributed by atoms with van der Waals surface area (Å²) in [6, 6.07) is 7.51. The number of hydrogen-bond donors (Lipinski definition) is 0. The van der Waals surface area contributed by atoms with Crippen LogP contribution in [0.3, 0.4) is 0 Å². The predicted octanol–water partition coefficient (Wildman–Crippen LogP) is 2.82. The Balaban J connectivity index is 2.60. The zero-order chi connectivity index (χ0) is 10.7. The molecule has 0 aliphatic rings. The van der Waals surface area contributed by atoms with E-state index in [1.807, 2.05) is 24.3 Å². The maximum atomic E-state index is 8.41. The molecule has 0 fully saturated rings. The topological polar surface area (TPSA) is 49.6 Å². The van der Waals surface area contributed by atoms with E-state index in [9.17, 15) is 0 Å². The minimum absolute atomic E-state index is 0.423. The average Bonchev–Trinajstić information content (AvgIpc) is 2.27. The minimum Gasteiger partial charge on any atom is -0.236 e. The number of nitrogens with zero attached hydrogens (tertiary/aromatic N) is 3. The van der Waals surface area contributed by atoms with Crippen molar-refractivity contribution in [3.8, 4) is 6.07 Å². The van der Waals surface area contributed by atoms with Crippen molar-refractivity contribution < 1.29 is 0 Å². The lowest BCUT2D eigenvalue weighted by Crippen LogP contribution is -1.84. The Morgan fingerprint density at radius 3 is 3.00 bits per heavy atom. The number of fused-ring (bicyclic) bond motifs is 1. The standard InChI is InChI=1S/C11H6ClN3/c12-11-9-6-8(2-1-5-13)3-4-10(9)14-7-15-11/h1-4,6-7H. The normalized spacial score (nSPS) is 10.7. The zero-order valence-corrected chi connectivity index (χ0v) is 8.44. The van der Waals surface area contributed by atoms with Crippen LogP contribution in [0.1, 0.15) is 5.56 Å². The molecule has 0 amide bonds. The van der Waals surface area contributed by atoms with Gasteiger partial charge < -0.3 is 0 Å². The maximum Gasteiger partial charge on any atom is 0.140 e. The Kier molecular flexibility index (Phi) is 2.61. The van der Waals surface area contributed by atoms with Gasteiger partial charge in [0.25, 0.3) is 0 Å². The van der Waals surface area contributed by atoms with Gasteiger partial charge in [-0.1, -0.05) is 17.7 Å². The first-order chi connectivity index (χ1) is 7.31. The van der Waals surface area contributed by atoms with Gasteiger partial charge in [0.05, 0.1) is 11.6 Å². The Morgan fingerprint density at radius 1 is 1.33 bits per heavy atom. The second-order valence-electron chi connectivity index (χ2n) is 2.90. The van der Waals surface area contributed by atoms with Gasteiger partial charge in [-0.25, -0.2) is 9.97 Å². The van der Waals surface area contributed by atoms with Crippen molar-refractivity contribution in [2.75, 3.05) is 0 Å². The number of aromatic nitrogens is 2. The third-order valence-corrected chi connectivity index (χ3v) is 2.26. The fraction of sp³-hybridized carbons (Fsp3) is 0. The van der Waals surface area contributed by atoms with Crippen molar-refractivity contribution in [3.05, 3.63) is 41.3 Å². The lowest BCUT2D eigenvalue weighted by Gasteiger charge is -1.99. The van der Waals surface area contributed by atoms with Gasteiger partial charge in [-0.3, -0.25) is 0 Å². The van der Waals surface area contributed by atoms with Gasteiger partial charge >= 0.3 is 0 Å². The SMILES string of the molecule is N#CC=Cc1ccc2ncnc(Cl)c2c1. The first-order valence-electron chi connectivity index (χ1n) is 4.27. The highest BCUT2D eigenvalue weighted by Crippen LogP contribution is 2.20. The van der Waals surface area contributed by atoms with Crippen LogP contribution in [0, 0.1) is 11.3 Å². The highest BCUT2D eigenvalue weighted by Gasteiger charge is 2.00. The van der Waals surface area contributed by atoms with E-state index in [2.05, 4.69) is 9.97 Å².